The lowest BCUT2D eigenvalue weighted by Crippen LogP contribution is -2.45. The van der Waals surface area contributed by atoms with Crippen LogP contribution in [-0.4, -0.2) is 47.9 Å². The summed E-state index contributed by atoms with van der Waals surface area (Å²) in [5, 5.41) is 2.86. The summed E-state index contributed by atoms with van der Waals surface area (Å²) in [6.07, 6.45) is 5.41. The van der Waals surface area contributed by atoms with E-state index in [1.54, 1.807) is 0 Å². The first-order valence-corrected chi connectivity index (χ1v) is 8.51. The van der Waals surface area contributed by atoms with Gasteiger partial charge in [-0.2, -0.15) is 11.8 Å². The molecule has 1 aliphatic rings. The Balaban J connectivity index is 2.54. The van der Waals surface area contributed by atoms with Crippen LogP contribution in [0.3, 0.4) is 0 Å². The molecule has 5 heteroatoms. The van der Waals surface area contributed by atoms with E-state index in [4.69, 9.17) is 0 Å². The third kappa shape index (κ3) is 5.85. The van der Waals surface area contributed by atoms with E-state index in [1.807, 2.05) is 16.7 Å². The van der Waals surface area contributed by atoms with Gasteiger partial charge >= 0.3 is 0 Å². The van der Waals surface area contributed by atoms with Crippen molar-refractivity contribution in [2.24, 2.45) is 5.92 Å². The van der Waals surface area contributed by atoms with Crippen molar-refractivity contribution in [3.05, 3.63) is 0 Å². The highest BCUT2D eigenvalue weighted by Crippen LogP contribution is 2.13. The molecule has 19 heavy (non-hydrogen) atoms. The molecule has 1 N–H and O–H groups in total. The molecular weight excluding hydrogens is 260 g/mol. The van der Waals surface area contributed by atoms with Crippen molar-refractivity contribution >= 4 is 23.6 Å². The highest BCUT2D eigenvalue weighted by atomic mass is 32.2. The third-order valence-corrected chi connectivity index (χ3v) is 3.98. The van der Waals surface area contributed by atoms with Gasteiger partial charge in [0.2, 0.25) is 11.8 Å². The van der Waals surface area contributed by atoms with Crippen molar-refractivity contribution in [1.82, 2.24) is 10.2 Å². The smallest absolute Gasteiger partial charge is 0.245 e. The fraction of sp³-hybridized carbons (Fsp3) is 0.857. The summed E-state index contributed by atoms with van der Waals surface area (Å²) < 4.78 is 0. The van der Waals surface area contributed by atoms with Crippen LogP contribution >= 0.6 is 11.8 Å². The van der Waals surface area contributed by atoms with E-state index in [9.17, 15) is 9.59 Å². The minimum Gasteiger partial charge on any atom is -0.344 e. The number of unbranched alkanes of at least 4 members (excludes halogenated alkanes) is 1. The number of amides is 2. The first kappa shape index (κ1) is 16.3. The van der Waals surface area contributed by atoms with Crippen molar-refractivity contribution in [1.29, 1.82) is 0 Å². The Morgan fingerprint density at radius 1 is 1.37 bits per heavy atom. The van der Waals surface area contributed by atoms with Crippen LogP contribution in [0.2, 0.25) is 0 Å². The van der Waals surface area contributed by atoms with Gasteiger partial charge in [-0.15, -0.1) is 0 Å². The van der Waals surface area contributed by atoms with E-state index in [0.29, 0.717) is 18.9 Å². The topological polar surface area (TPSA) is 49.4 Å². The molecule has 1 aliphatic heterocycles. The Bertz CT molecular complexity index is 308. The quantitative estimate of drug-likeness (QED) is 0.727. The van der Waals surface area contributed by atoms with Crippen molar-refractivity contribution < 1.29 is 9.59 Å². The lowest BCUT2D eigenvalue weighted by atomic mass is 10.0. The molecule has 0 saturated carbocycles. The molecule has 0 radical (unpaired) electrons. The first-order chi connectivity index (χ1) is 9.04. The average molecular weight is 286 g/mol. The number of carbonyl (C=O) groups excluding carboxylic acids is 2. The predicted molar refractivity (Wildman–Crippen MR) is 80.2 cm³/mol. The molecule has 4 nitrogen and oxygen atoms in total. The van der Waals surface area contributed by atoms with Crippen LogP contribution in [0, 0.1) is 5.92 Å². The molecule has 1 rings (SSSR count). The van der Waals surface area contributed by atoms with Crippen LogP contribution < -0.4 is 5.32 Å². The Hall–Kier alpha value is -0.710. The minimum absolute atomic E-state index is 0.00520. The molecule has 1 unspecified atom stereocenters. The molecule has 0 bridgehead atoms. The Morgan fingerprint density at radius 2 is 2.11 bits per heavy atom. The molecule has 110 valence electrons. The van der Waals surface area contributed by atoms with Crippen LogP contribution in [-0.2, 0) is 9.59 Å². The summed E-state index contributed by atoms with van der Waals surface area (Å²) in [5.41, 5.74) is 0. The van der Waals surface area contributed by atoms with Gasteiger partial charge < -0.3 is 10.2 Å². The van der Waals surface area contributed by atoms with Gasteiger partial charge in [-0.3, -0.25) is 9.59 Å². The standard InChI is InChI=1S/C14H26N2O2S/c1-11(2)10-12-14(18)16(7-4-5-9-19-3)8-6-13(17)15-12/h11-12H,4-10H2,1-3H3,(H,15,17). The highest BCUT2D eigenvalue weighted by molar-refractivity contribution is 7.98. The van der Waals surface area contributed by atoms with E-state index in [0.717, 1.165) is 31.6 Å². The molecule has 1 heterocycles. The molecule has 0 aliphatic carbocycles. The zero-order chi connectivity index (χ0) is 14.3. The summed E-state index contributed by atoms with van der Waals surface area (Å²) in [5.74, 6) is 1.65. The maximum atomic E-state index is 12.4. The largest absolute Gasteiger partial charge is 0.344 e. The number of rotatable bonds is 7. The molecule has 1 atom stereocenters. The van der Waals surface area contributed by atoms with E-state index < -0.39 is 0 Å². The Labute approximate surface area is 120 Å². The van der Waals surface area contributed by atoms with E-state index >= 15 is 0 Å². The van der Waals surface area contributed by atoms with E-state index in [2.05, 4.69) is 25.4 Å². The van der Waals surface area contributed by atoms with Crippen molar-refractivity contribution in [3.8, 4) is 0 Å². The molecule has 0 aromatic rings. The summed E-state index contributed by atoms with van der Waals surface area (Å²) in [6, 6.07) is -0.324. The normalized spacial score (nSPS) is 20.6. The monoisotopic (exact) mass is 286 g/mol. The summed E-state index contributed by atoms with van der Waals surface area (Å²) in [7, 11) is 0. The predicted octanol–water partition coefficient (Wildman–Crippen LogP) is 1.89. The van der Waals surface area contributed by atoms with Gasteiger partial charge in [-0.25, -0.2) is 0 Å². The van der Waals surface area contributed by atoms with Crippen molar-refractivity contribution in [2.45, 2.75) is 45.6 Å². The Kier molecular flexibility index (Phi) is 7.28. The van der Waals surface area contributed by atoms with Crippen LogP contribution in [0.1, 0.15) is 39.5 Å². The van der Waals surface area contributed by atoms with Gasteiger partial charge in [-0.05, 0) is 37.2 Å². The second-order valence-electron chi connectivity index (χ2n) is 5.52. The molecule has 1 fully saturated rings. The SMILES string of the molecule is CSCCCCN1CCC(=O)NC(CC(C)C)C1=O. The zero-order valence-electron chi connectivity index (χ0n) is 12.3. The lowest BCUT2D eigenvalue weighted by Gasteiger charge is -2.24. The first-order valence-electron chi connectivity index (χ1n) is 7.11. The third-order valence-electron chi connectivity index (χ3n) is 3.29. The van der Waals surface area contributed by atoms with Crippen LogP contribution in [0.4, 0.5) is 0 Å². The van der Waals surface area contributed by atoms with Crippen molar-refractivity contribution in [2.75, 3.05) is 25.1 Å². The van der Waals surface area contributed by atoms with Crippen LogP contribution in [0.15, 0.2) is 0 Å². The number of thioether (sulfide) groups is 1. The maximum absolute atomic E-state index is 12.4. The summed E-state index contributed by atoms with van der Waals surface area (Å²) >= 11 is 1.83. The number of nitrogens with zero attached hydrogens (tertiary/aromatic N) is 1. The fourth-order valence-corrected chi connectivity index (χ4v) is 2.79. The van der Waals surface area contributed by atoms with Gasteiger partial charge in [0.25, 0.3) is 0 Å². The second-order valence-corrected chi connectivity index (χ2v) is 6.51. The van der Waals surface area contributed by atoms with E-state index in [1.165, 1.54) is 0 Å². The number of nitrogens with one attached hydrogen (secondary N) is 1. The van der Waals surface area contributed by atoms with Gasteiger partial charge in [0.1, 0.15) is 6.04 Å². The number of hydrogen-bond donors (Lipinski definition) is 1. The molecule has 0 spiro atoms. The van der Waals surface area contributed by atoms with Gasteiger partial charge in [0.05, 0.1) is 0 Å². The molecule has 0 aromatic heterocycles. The van der Waals surface area contributed by atoms with Gasteiger partial charge in [0.15, 0.2) is 0 Å². The molecule has 2 amide bonds. The molecule has 0 aromatic carbocycles. The van der Waals surface area contributed by atoms with Crippen LogP contribution in [0.25, 0.3) is 0 Å². The highest BCUT2D eigenvalue weighted by Gasteiger charge is 2.29. The average Bonchev–Trinajstić information content (AvgIpc) is 2.47. The zero-order valence-corrected chi connectivity index (χ0v) is 13.1. The number of hydrogen-bond acceptors (Lipinski definition) is 3. The molecular formula is C14H26N2O2S. The van der Waals surface area contributed by atoms with Crippen molar-refractivity contribution in [3.63, 3.8) is 0 Å². The van der Waals surface area contributed by atoms with Gasteiger partial charge in [-0.1, -0.05) is 13.8 Å². The number of carbonyl (C=O) groups is 2. The summed E-state index contributed by atoms with van der Waals surface area (Å²) in [4.78, 5) is 25.9. The second kappa shape index (κ2) is 8.46. The summed E-state index contributed by atoms with van der Waals surface area (Å²) in [6.45, 7) is 5.50. The minimum atomic E-state index is -0.324. The Morgan fingerprint density at radius 3 is 2.74 bits per heavy atom. The van der Waals surface area contributed by atoms with Gasteiger partial charge in [0, 0.05) is 19.5 Å². The maximum Gasteiger partial charge on any atom is 0.245 e. The fourth-order valence-electron chi connectivity index (χ4n) is 2.30. The van der Waals surface area contributed by atoms with Crippen LogP contribution in [0.5, 0.6) is 0 Å². The van der Waals surface area contributed by atoms with E-state index in [-0.39, 0.29) is 17.9 Å². The lowest BCUT2D eigenvalue weighted by molar-refractivity contribution is -0.134. The molecule has 1 saturated heterocycles.